The van der Waals surface area contributed by atoms with Crippen LogP contribution in [0.1, 0.15) is 25.5 Å². The molecule has 0 saturated carbocycles. The van der Waals surface area contributed by atoms with E-state index in [1.165, 1.54) is 5.57 Å². The molecule has 0 spiro atoms. The molecular weight excluding hydrogens is 340 g/mol. The van der Waals surface area contributed by atoms with Crippen LogP contribution in [0.4, 0.5) is 5.82 Å². The fourth-order valence-corrected chi connectivity index (χ4v) is 4.01. The van der Waals surface area contributed by atoms with Crippen LogP contribution in [-0.4, -0.2) is 48.2 Å². The van der Waals surface area contributed by atoms with E-state index in [4.69, 9.17) is 24.4 Å². The molecule has 2 aromatic rings. The van der Waals surface area contributed by atoms with E-state index in [-0.39, 0.29) is 12.1 Å². The Morgan fingerprint density at radius 2 is 1.81 bits per heavy atom. The first-order valence-electron chi connectivity index (χ1n) is 9.40. The zero-order valence-electron chi connectivity index (χ0n) is 15.6. The fraction of sp³-hybridized carbons (Fsp3) is 0.381. The number of ether oxygens (including phenoxy) is 2. The molecule has 6 nitrogen and oxygen atoms in total. The van der Waals surface area contributed by atoms with Crippen LogP contribution in [0.2, 0.25) is 0 Å². The van der Waals surface area contributed by atoms with Crippen molar-refractivity contribution in [3.63, 3.8) is 0 Å². The summed E-state index contributed by atoms with van der Waals surface area (Å²) in [6, 6.07) is 10.1. The number of aromatic nitrogens is 2. The van der Waals surface area contributed by atoms with Crippen molar-refractivity contribution in [1.29, 1.82) is 0 Å². The smallest absolute Gasteiger partial charge is 0.202 e. The zero-order chi connectivity index (χ0) is 18.4. The van der Waals surface area contributed by atoms with Gasteiger partial charge in [0.05, 0.1) is 19.1 Å². The molecule has 138 valence electrons. The van der Waals surface area contributed by atoms with E-state index >= 15 is 0 Å². The lowest BCUT2D eigenvalue weighted by atomic mass is 9.92. The lowest BCUT2D eigenvalue weighted by Crippen LogP contribution is -2.37. The van der Waals surface area contributed by atoms with Crippen LogP contribution in [0, 0.1) is 0 Å². The summed E-state index contributed by atoms with van der Waals surface area (Å²) in [5.41, 5.74) is 4.18. The highest BCUT2D eigenvalue weighted by molar-refractivity contribution is 5.94. The third kappa shape index (κ3) is 2.80. The van der Waals surface area contributed by atoms with E-state index < -0.39 is 0 Å². The molecule has 0 aliphatic carbocycles. The van der Waals surface area contributed by atoms with E-state index in [1.807, 2.05) is 37.3 Å². The highest BCUT2D eigenvalue weighted by atomic mass is 16.5. The molecule has 1 saturated heterocycles. The van der Waals surface area contributed by atoms with Gasteiger partial charge in [0.2, 0.25) is 6.23 Å². The molecule has 0 amide bonds. The number of morpholine rings is 1. The molecule has 5 rings (SSSR count). The Hall–Kier alpha value is -2.73. The van der Waals surface area contributed by atoms with Crippen LogP contribution in [0.25, 0.3) is 11.4 Å². The average molecular weight is 362 g/mol. The number of hydrogen-bond acceptors (Lipinski definition) is 6. The van der Waals surface area contributed by atoms with Crippen molar-refractivity contribution in [3.8, 4) is 17.1 Å². The Balaban J connectivity index is 1.67. The molecular formula is C21H22N4O2. The number of hydrogen-bond donors (Lipinski definition) is 0. The summed E-state index contributed by atoms with van der Waals surface area (Å²) in [6.07, 6.45) is 1.88. The van der Waals surface area contributed by atoms with E-state index in [9.17, 15) is 0 Å². The quantitative estimate of drug-likeness (QED) is 0.821. The highest BCUT2D eigenvalue weighted by Crippen LogP contribution is 2.48. The Kier molecular flexibility index (Phi) is 3.93. The van der Waals surface area contributed by atoms with Gasteiger partial charge in [-0.1, -0.05) is 35.9 Å². The number of anilines is 1. The van der Waals surface area contributed by atoms with Crippen LogP contribution in [0.5, 0.6) is 5.75 Å². The Bertz CT molecular complexity index is 933. The summed E-state index contributed by atoms with van der Waals surface area (Å²) in [5, 5.41) is 0. The molecule has 1 aromatic carbocycles. The summed E-state index contributed by atoms with van der Waals surface area (Å²) in [6.45, 7) is 7.13. The monoisotopic (exact) mass is 362 g/mol. The largest absolute Gasteiger partial charge is 0.462 e. The lowest BCUT2D eigenvalue weighted by molar-refractivity contribution is 0.122. The van der Waals surface area contributed by atoms with Gasteiger partial charge >= 0.3 is 0 Å². The normalized spacial score (nSPS) is 23.9. The molecule has 0 N–H and O–H groups in total. The van der Waals surface area contributed by atoms with Crippen molar-refractivity contribution < 1.29 is 9.47 Å². The molecule has 1 aromatic heterocycles. The SMILES string of the molecule is CC1=CC(C)=NC2Oc3c(nc(-c4ccccc4)nc3N3CCOCC3)C12. The first-order chi connectivity index (χ1) is 13.2. The molecule has 6 heteroatoms. The number of benzene rings is 1. The number of nitrogens with zero attached hydrogens (tertiary/aromatic N) is 4. The van der Waals surface area contributed by atoms with Crippen molar-refractivity contribution in [2.75, 3.05) is 31.2 Å². The number of fused-ring (bicyclic) bond motifs is 3. The number of aliphatic imine (C=N–C) groups is 1. The van der Waals surface area contributed by atoms with Crippen molar-refractivity contribution >= 4 is 11.5 Å². The number of dihydropyridines is 1. The number of rotatable bonds is 2. The Labute approximate surface area is 158 Å². The molecule has 4 heterocycles. The predicted molar refractivity (Wildman–Crippen MR) is 105 cm³/mol. The second-order valence-electron chi connectivity index (χ2n) is 7.20. The maximum atomic E-state index is 6.29. The minimum absolute atomic E-state index is 0.0500. The molecule has 0 radical (unpaired) electrons. The highest BCUT2D eigenvalue weighted by Gasteiger charge is 2.42. The minimum Gasteiger partial charge on any atom is -0.462 e. The average Bonchev–Trinajstić information content (AvgIpc) is 3.07. The summed E-state index contributed by atoms with van der Waals surface area (Å²) >= 11 is 0. The van der Waals surface area contributed by atoms with Gasteiger partial charge in [-0.2, -0.15) is 0 Å². The molecule has 3 aliphatic rings. The maximum absolute atomic E-state index is 6.29. The molecule has 2 unspecified atom stereocenters. The van der Waals surface area contributed by atoms with Gasteiger partial charge in [-0.3, -0.25) is 0 Å². The molecule has 1 fully saturated rings. The van der Waals surface area contributed by atoms with Gasteiger partial charge in [-0.15, -0.1) is 0 Å². The zero-order valence-corrected chi connectivity index (χ0v) is 15.6. The first kappa shape index (κ1) is 16.4. The van der Waals surface area contributed by atoms with Crippen molar-refractivity contribution in [2.45, 2.75) is 26.0 Å². The van der Waals surface area contributed by atoms with E-state index in [2.05, 4.69) is 17.9 Å². The van der Waals surface area contributed by atoms with Crippen LogP contribution in [0.15, 0.2) is 47.0 Å². The van der Waals surface area contributed by atoms with Crippen molar-refractivity contribution in [2.24, 2.45) is 4.99 Å². The van der Waals surface area contributed by atoms with Crippen LogP contribution < -0.4 is 9.64 Å². The summed E-state index contributed by atoms with van der Waals surface area (Å²) in [4.78, 5) is 16.8. The van der Waals surface area contributed by atoms with Crippen molar-refractivity contribution in [3.05, 3.63) is 47.7 Å². The topological polar surface area (TPSA) is 59.8 Å². The molecule has 0 bridgehead atoms. The Morgan fingerprint density at radius 1 is 1.04 bits per heavy atom. The second-order valence-corrected chi connectivity index (χ2v) is 7.20. The van der Waals surface area contributed by atoms with E-state index in [0.717, 1.165) is 47.5 Å². The predicted octanol–water partition coefficient (Wildman–Crippen LogP) is 3.20. The van der Waals surface area contributed by atoms with Gasteiger partial charge in [0.15, 0.2) is 17.4 Å². The van der Waals surface area contributed by atoms with Gasteiger partial charge in [-0.05, 0) is 19.9 Å². The first-order valence-corrected chi connectivity index (χ1v) is 9.40. The van der Waals surface area contributed by atoms with Gasteiger partial charge in [0.1, 0.15) is 5.69 Å². The number of allylic oxidation sites excluding steroid dienone is 1. The molecule has 2 atom stereocenters. The fourth-order valence-electron chi connectivity index (χ4n) is 4.01. The van der Waals surface area contributed by atoms with E-state index in [0.29, 0.717) is 13.2 Å². The van der Waals surface area contributed by atoms with Crippen LogP contribution >= 0.6 is 0 Å². The van der Waals surface area contributed by atoms with E-state index in [1.54, 1.807) is 0 Å². The van der Waals surface area contributed by atoms with Crippen LogP contribution in [0.3, 0.4) is 0 Å². The third-order valence-electron chi connectivity index (χ3n) is 5.29. The van der Waals surface area contributed by atoms with Crippen molar-refractivity contribution in [1.82, 2.24) is 9.97 Å². The van der Waals surface area contributed by atoms with Gasteiger partial charge in [0, 0.05) is 24.4 Å². The van der Waals surface area contributed by atoms with Crippen LogP contribution in [-0.2, 0) is 4.74 Å². The maximum Gasteiger partial charge on any atom is 0.202 e. The second kappa shape index (κ2) is 6.46. The van der Waals surface area contributed by atoms with Gasteiger partial charge in [-0.25, -0.2) is 15.0 Å². The molecule has 3 aliphatic heterocycles. The standard InChI is InChI=1S/C21H22N4O2/c1-13-12-14(2)22-21-16(13)17-18(27-21)20(25-8-10-26-11-9-25)24-19(23-17)15-6-4-3-5-7-15/h3-7,12,16,21H,8-11H2,1-2H3. The lowest BCUT2D eigenvalue weighted by Gasteiger charge is -2.29. The summed E-state index contributed by atoms with van der Waals surface area (Å²) < 4.78 is 11.8. The summed E-state index contributed by atoms with van der Waals surface area (Å²) in [5.74, 6) is 2.42. The van der Waals surface area contributed by atoms with Gasteiger partial charge < -0.3 is 14.4 Å². The van der Waals surface area contributed by atoms with Gasteiger partial charge in [0.25, 0.3) is 0 Å². The summed E-state index contributed by atoms with van der Waals surface area (Å²) in [7, 11) is 0. The minimum atomic E-state index is -0.245. The Morgan fingerprint density at radius 3 is 2.59 bits per heavy atom. The molecule has 27 heavy (non-hydrogen) atoms. The third-order valence-corrected chi connectivity index (χ3v) is 5.29.